The van der Waals surface area contributed by atoms with Crippen molar-refractivity contribution in [3.05, 3.63) is 102 Å². The predicted octanol–water partition coefficient (Wildman–Crippen LogP) is 3.78. The van der Waals surface area contributed by atoms with E-state index in [0.29, 0.717) is 12.2 Å². The fourth-order valence-electron chi connectivity index (χ4n) is 3.06. The largest absolute Gasteiger partial charge is 0.452 e. The summed E-state index contributed by atoms with van der Waals surface area (Å²) in [6.07, 6.45) is 0. The molecule has 0 aliphatic heterocycles. The van der Waals surface area contributed by atoms with E-state index < -0.39 is 12.6 Å². The number of anilines is 1. The van der Waals surface area contributed by atoms with Crippen molar-refractivity contribution in [1.29, 1.82) is 0 Å². The fourth-order valence-corrected chi connectivity index (χ4v) is 3.06. The van der Waals surface area contributed by atoms with Gasteiger partial charge in [0.15, 0.2) is 6.61 Å². The Balaban J connectivity index is 1.66. The van der Waals surface area contributed by atoms with Crippen molar-refractivity contribution in [3.63, 3.8) is 0 Å². The van der Waals surface area contributed by atoms with Crippen LogP contribution in [0.2, 0.25) is 0 Å². The molecule has 0 heterocycles. The molecule has 0 saturated carbocycles. The van der Waals surface area contributed by atoms with E-state index in [2.05, 4.69) is 0 Å². The molecule has 31 heavy (non-hydrogen) atoms. The predicted molar refractivity (Wildman–Crippen MR) is 119 cm³/mol. The number of rotatable bonds is 7. The van der Waals surface area contributed by atoms with Gasteiger partial charge in [0, 0.05) is 26.3 Å². The summed E-state index contributed by atoms with van der Waals surface area (Å²) < 4.78 is 5.22. The van der Waals surface area contributed by atoms with Crippen LogP contribution in [0.5, 0.6) is 0 Å². The lowest BCUT2D eigenvalue weighted by molar-refractivity contribution is -0.133. The molecule has 3 aromatic rings. The van der Waals surface area contributed by atoms with Crippen LogP contribution >= 0.6 is 0 Å². The number of esters is 1. The first kappa shape index (κ1) is 21.8. The van der Waals surface area contributed by atoms with Gasteiger partial charge in [-0.2, -0.15) is 0 Å². The second-order valence-electron chi connectivity index (χ2n) is 7.06. The summed E-state index contributed by atoms with van der Waals surface area (Å²) in [4.78, 5) is 40.9. The average molecular weight is 416 g/mol. The molecule has 0 fully saturated rings. The van der Waals surface area contributed by atoms with Crippen molar-refractivity contribution in [2.75, 3.05) is 25.6 Å². The molecule has 0 saturated heterocycles. The maximum atomic E-state index is 13.0. The zero-order valence-corrected chi connectivity index (χ0v) is 17.5. The standard InChI is InChI=1S/C25H24N2O4/c1-26(17-19-11-5-3-6-12-19)23(28)18-31-25(30)22-16-10-9-15-21(22)24(29)27(2)20-13-7-4-8-14-20/h3-16H,17-18H2,1-2H3. The Bertz CT molecular complexity index is 1050. The smallest absolute Gasteiger partial charge is 0.339 e. The van der Waals surface area contributed by atoms with Gasteiger partial charge in [0.25, 0.3) is 11.8 Å². The summed E-state index contributed by atoms with van der Waals surface area (Å²) in [6, 6.07) is 25.1. The topological polar surface area (TPSA) is 66.9 Å². The van der Waals surface area contributed by atoms with E-state index in [4.69, 9.17) is 4.74 Å². The summed E-state index contributed by atoms with van der Waals surface area (Å²) in [5, 5.41) is 0. The molecule has 6 nitrogen and oxygen atoms in total. The quantitative estimate of drug-likeness (QED) is 0.550. The van der Waals surface area contributed by atoms with Gasteiger partial charge in [-0.3, -0.25) is 9.59 Å². The van der Waals surface area contributed by atoms with Crippen LogP contribution in [0, 0.1) is 0 Å². The first-order chi connectivity index (χ1) is 15.0. The fraction of sp³-hybridized carbons (Fsp3) is 0.160. The van der Waals surface area contributed by atoms with Crippen LogP contribution in [0.25, 0.3) is 0 Å². The summed E-state index contributed by atoms with van der Waals surface area (Å²) in [5.41, 5.74) is 2.01. The Morgan fingerprint density at radius 1 is 0.742 bits per heavy atom. The van der Waals surface area contributed by atoms with Gasteiger partial charge in [0.1, 0.15) is 0 Å². The van der Waals surface area contributed by atoms with Crippen LogP contribution in [0.15, 0.2) is 84.9 Å². The third-order valence-electron chi connectivity index (χ3n) is 4.84. The van der Waals surface area contributed by atoms with E-state index >= 15 is 0 Å². The Labute approximate surface area is 181 Å². The lowest BCUT2D eigenvalue weighted by atomic mass is 10.1. The van der Waals surface area contributed by atoms with Crippen LogP contribution in [-0.4, -0.2) is 43.4 Å². The van der Waals surface area contributed by atoms with Gasteiger partial charge in [-0.05, 0) is 29.8 Å². The van der Waals surface area contributed by atoms with Crippen LogP contribution in [-0.2, 0) is 16.1 Å². The minimum atomic E-state index is -0.716. The van der Waals surface area contributed by atoms with Crippen molar-refractivity contribution in [2.45, 2.75) is 6.54 Å². The number of para-hydroxylation sites is 1. The Hall–Kier alpha value is -3.93. The van der Waals surface area contributed by atoms with E-state index in [1.54, 1.807) is 44.4 Å². The highest BCUT2D eigenvalue weighted by Crippen LogP contribution is 2.18. The monoisotopic (exact) mass is 416 g/mol. The molecule has 0 spiro atoms. The Morgan fingerprint density at radius 3 is 1.94 bits per heavy atom. The zero-order chi connectivity index (χ0) is 22.2. The average Bonchev–Trinajstić information content (AvgIpc) is 2.82. The van der Waals surface area contributed by atoms with E-state index in [1.807, 2.05) is 48.5 Å². The molecule has 0 unspecified atom stereocenters. The number of carbonyl (C=O) groups excluding carboxylic acids is 3. The van der Waals surface area contributed by atoms with Crippen LogP contribution < -0.4 is 4.90 Å². The molecule has 158 valence electrons. The molecule has 0 aliphatic rings. The summed E-state index contributed by atoms with van der Waals surface area (Å²) in [6.45, 7) is 0.00732. The van der Waals surface area contributed by atoms with Gasteiger partial charge < -0.3 is 14.5 Å². The molecule has 0 aromatic heterocycles. The highest BCUT2D eigenvalue weighted by molar-refractivity contribution is 6.12. The maximum Gasteiger partial charge on any atom is 0.339 e. The molecule has 0 aliphatic carbocycles. The van der Waals surface area contributed by atoms with Gasteiger partial charge in [-0.25, -0.2) is 4.79 Å². The first-order valence-corrected chi connectivity index (χ1v) is 9.84. The molecule has 0 radical (unpaired) electrons. The number of ether oxygens (including phenoxy) is 1. The zero-order valence-electron chi connectivity index (χ0n) is 17.5. The summed E-state index contributed by atoms with van der Waals surface area (Å²) in [5.74, 6) is -1.39. The van der Waals surface area contributed by atoms with E-state index in [9.17, 15) is 14.4 Å². The molecular weight excluding hydrogens is 392 g/mol. The summed E-state index contributed by atoms with van der Waals surface area (Å²) in [7, 11) is 3.29. The lowest BCUT2D eigenvalue weighted by Crippen LogP contribution is -2.31. The molecule has 0 bridgehead atoms. The second-order valence-corrected chi connectivity index (χ2v) is 7.06. The molecule has 3 aromatic carbocycles. The molecule has 0 N–H and O–H groups in total. The highest BCUT2D eigenvalue weighted by Gasteiger charge is 2.22. The molecule has 2 amide bonds. The molecule has 6 heteroatoms. The number of nitrogens with zero attached hydrogens (tertiary/aromatic N) is 2. The van der Waals surface area contributed by atoms with Crippen molar-refractivity contribution in [1.82, 2.24) is 4.90 Å². The number of benzene rings is 3. The Morgan fingerprint density at radius 2 is 1.29 bits per heavy atom. The maximum absolute atomic E-state index is 13.0. The normalized spacial score (nSPS) is 10.3. The number of likely N-dealkylation sites (N-methyl/N-ethyl adjacent to an activating group) is 1. The van der Waals surface area contributed by atoms with E-state index in [-0.39, 0.29) is 22.9 Å². The van der Waals surface area contributed by atoms with E-state index in [0.717, 1.165) is 5.56 Å². The van der Waals surface area contributed by atoms with Crippen LogP contribution in [0.1, 0.15) is 26.3 Å². The van der Waals surface area contributed by atoms with Gasteiger partial charge in [0.05, 0.1) is 11.1 Å². The molecular formula is C25H24N2O4. The highest BCUT2D eigenvalue weighted by atomic mass is 16.5. The second kappa shape index (κ2) is 10.2. The Kier molecular flexibility index (Phi) is 7.17. The SMILES string of the molecule is CN(Cc1ccccc1)C(=O)COC(=O)c1ccccc1C(=O)N(C)c1ccccc1. The van der Waals surface area contributed by atoms with E-state index in [1.165, 1.54) is 15.9 Å². The van der Waals surface area contributed by atoms with Gasteiger partial charge in [-0.15, -0.1) is 0 Å². The van der Waals surface area contributed by atoms with Gasteiger partial charge in [-0.1, -0.05) is 60.7 Å². The summed E-state index contributed by atoms with van der Waals surface area (Å²) >= 11 is 0. The van der Waals surface area contributed by atoms with Crippen molar-refractivity contribution >= 4 is 23.5 Å². The van der Waals surface area contributed by atoms with Crippen LogP contribution in [0.3, 0.4) is 0 Å². The van der Waals surface area contributed by atoms with Crippen LogP contribution in [0.4, 0.5) is 5.69 Å². The molecule has 0 atom stereocenters. The third-order valence-corrected chi connectivity index (χ3v) is 4.84. The van der Waals surface area contributed by atoms with Gasteiger partial charge in [0.2, 0.25) is 0 Å². The van der Waals surface area contributed by atoms with Crippen molar-refractivity contribution in [3.8, 4) is 0 Å². The number of amides is 2. The first-order valence-electron chi connectivity index (χ1n) is 9.84. The number of hydrogen-bond acceptors (Lipinski definition) is 4. The van der Waals surface area contributed by atoms with Gasteiger partial charge >= 0.3 is 5.97 Å². The van der Waals surface area contributed by atoms with Crippen molar-refractivity contribution in [2.24, 2.45) is 0 Å². The van der Waals surface area contributed by atoms with Crippen molar-refractivity contribution < 1.29 is 19.1 Å². The third kappa shape index (κ3) is 5.57. The lowest BCUT2D eigenvalue weighted by Gasteiger charge is -2.19. The number of carbonyl (C=O) groups is 3. The minimum Gasteiger partial charge on any atom is -0.452 e. The molecule has 3 rings (SSSR count). The number of hydrogen-bond donors (Lipinski definition) is 0. The minimum absolute atomic E-state index is 0.119.